The molecule has 7 heteroatoms. The molecule has 3 rings (SSSR count). The summed E-state index contributed by atoms with van der Waals surface area (Å²) in [6.07, 6.45) is 3.04. The van der Waals surface area contributed by atoms with Crippen LogP contribution in [0.25, 0.3) is 0 Å². The van der Waals surface area contributed by atoms with Gasteiger partial charge in [-0.2, -0.15) is 0 Å². The number of aromatic nitrogens is 2. The smallest absolute Gasteiger partial charge is 0.254 e. The first-order chi connectivity index (χ1) is 11.6. The van der Waals surface area contributed by atoms with Crippen LogP contribution in [0.3, 0.4) is 0 Å². The number of fused-ring (bicyclic) bond motifs is 1. The Kier molecular flexibility index (Phi) is 4.79. The van der Waals surface area contributed by atoms with E-state index in [0.717, 1.165) is 17.9 Å². The number of nitrogens with one attached hydrogen (secondary N) is 2. The zero-order valence-corrected chi connectivity index (χ0v) is 13.7. The number of amides is 1. The van der Waals surface area contributed by atoms with Crippen LogP contribution in [-0.4, -0.2) is 29.2 Å². The average molecular weight is 328 g/mol. The summed E-state index contributed by atoms with van der Waals surface area (Å²) in [7, 11) is 0. The molecule has 1 aliphatic rings. The van der Waals surface area contributed by atoms with Gasteiger partial charge in [-0.25, -0.2) is 9.97 Å². The molecule has 0 fully saturated rings. The first-order valence-corrected chi connectivity index (χ1v) is 7.84. The summed E-state index contributed by atoms with van der Waals surface area (Å²) in [6, 6.07) is 5.59. The maximum atomic E-state index is 12.2. The van der Waals surface area contributed by atoms with Gasteiger partial charge in [0.05, 0.1) is 5.56 Å². The van der Waals surface area contributed by atoms with E-state index in [0.29, 0.717) is 29.7 Å². The van der Waals surface area contributed by atoms with Crippen molar-refractivity contribution in [2.75, 3.05) is 18.7 Å². The minimum atomic E-state index is -0.219. The fourth-order valence-corrected chi connectivity index (χ4v) is 2.17. The van der Waals surface area contributed by atoms with E-state index in [1.54, 1.807) is 0 Å². The Bertz CT molecular complexity index is 716. The topological polar surface area (TPSA) is 85.4 Å². The van der Waals surface area contributed by atoms with Crippen molar-refractivity contribution >= 4 is 11.9 Å². The lowest BCUT2D eigenvalue weighted by Crippen LogP contribution is -2.23. The van der Waals surface area contributed by atoms with Crippen molar-refractivity contribution in [3.05, 3.63) is 41.7 Å². The van der Waals surface area contributed by atoms with Gasteiger partial charge >= 0.3 is 0 Å². The Balaban J connectivity index is 1.55. The minimum absolute atomic E-state index is 0.219. The summed E-state index contributed by atoms with van der Waals surface area (Å²) in [4.78, 5) is 20.5. The monoisotopic (exact) mass is 328 g/mol. The molecule has 2 aromatic rings. The molecule has 2 N–H and O–H groups in total. The van der Waals surface area contributed by atoms with Crippen LogP contribution in [0.1, 0.15) is 29.8 Å². The predicted octanol–water partition coefficient (Wildman–Crippen LogP) is 2.20. The number of carbonyl (C=O) groups excluding carboxylic acids is 1. The molecular formula is C17H20N4O3. The SMILES string of the molecule is CC(C)CNc1ncc(C(=O)NCc2ccc3c(c2)OCO3)cn1. The second-order valence-electron chi connectivity index (χ2n) is 5.94. The number of benzene rings is 1. The Hall–Kier alpha value is -2.83. The fourth-order valence-electron chi connectivity index (χ4n) is 2.17. The van der Waals surface area contributed by atoms with Crippen molar-refractivity contribution < 1.29 is 14.3 Å². The fraction of sp³-hybridized carbons (Fsp3) is 0.353. The van der Waals surface area contributed by atoms with E-state index in [1.807, 2.05) is 18.2 Å². The number of rotatable bonds is 6. The highest BCUT2D eigenvalue weighted by molar-refractivity contribution is 5.93. The summed E-state index contributed by atoms with van der Waals surface area (Å²) in [5, 5.41) is 5.95. The van der Waals surface area contributed by atoms with Gasteiger partial charge in [0.15, 0.2) is 11.5 Å². The summed E-state index contributed by atoms with van der Waals surface area (Å²) in [5.74, 6) is 2.23. The van der Waals surface area contributed by atoms with Crippen LogP contribution in [0.2, 0.25) is 0 Å². The lowest BCUT2D eigenvalue weighted by molar-refractivity contribution is 0.0950. The number of carbonyl (C=O) groups is 1. The summed E-state index contributed by atoms with van der Waals surface area (Å²) < 4.78 is 10.6. The molecule has 2 heterocycles. The van der Waals surface area contributed by atoms with Gasteiger partial charge < -0.3 is 20.1 Å². The Morgan fingerprint density at radius 1 is 1.21 bits per heavy atom. The highest BCUT2D eigenvalue weighted by Crippen LogP contribution is 2.32. The van der Waals surface area contributed by atoms with E-state index in [9.17, 15) is 4.79 Å². The van der Waals surface area contributed by atoms with Gasteiger partial charge in [0.1, 0.15) is 0 Å². The van der Waals surface area contributed by atoms with E-state index in [-0.39, 0.29) is 12.7 Å². The van der Waals surface area contributed by atoms with Crippen molar-refractivity contribution in [2.45, 2.75) is 20.4 Å². The van der Waals surface area contributed by atoms with Crippen LogP contribution in [-0.2, 0) is 6.54 Å². The molecule has 0 unspecified atom stereocenters. The van der Waals surface area contributed by atoms with E-state index in [2.05, 4.69) is 34.4 Å². The second-order valence-corrected chi connectivity index (χ2v) is 5.94. The molecule has 24 heavy (non-hydrogen) atoms. The van der Waals surface area contributed by atoms with Gasteiger partial charge in [0.25, 0.3) is 5.91 Å². The van der Waals surface area contributed by atoms with Crippen LogP contribution in [0.15, 0.2) is 30.6 Å². The lowest BCUT2D eigenvalue weighted by Gasteiger charge is -2.08. The van der Waals surface area contributed by atoms with Gasteiger partial charge in [-0.1, -0.05) is 19.9 Å². The van der Waals surface area contributed by atoms with Crippen LogP contribution >= 0.6 is 0 Å². The Labute approximate surface area is 140 Å². The molecule has 1 amide bonds. The zero-order chi connectivity index (χ0) is 16.9. The molecule has 0 saturated carbocycles. The normalized spacial score (nSPS) is 12.3. The highest BCUT2D eigenvalue weighted by Gasteiger charge is 2.14. The molecular weight excluding hydrogens is 308 g/mol. The first kappa shape index (κ1) is 16.0. The summed E-state index contributed by atoms with van der Waals surface area (Å²) in [6.45, 7) is 5.62. The van der Waals surface area contributed by atoms with Gasteiger partial charge in [0, 0.05) is 25.5 Å². The number of anilines is 1. The number of hydrogen-bond acceptors (Lipinski definition) is 6. The molecule has 0 saturated heterocycles. The third kappa shape index (κ3) is 3.92. The molecule has 0 spiro atoms. The largest absolute Gasteiger partial charge is 0.454 e. The Morgan fingerprint density at radius 3 is 2.71 bits per heavy atom. The van der Waals surface area contributed by atoms with Crippen molar-refractivity contribution in [1.82, 2.24) is 15.3 Å². The lowest BCUT2D eigenvalue weighted by atomic mass is 10.2. The molecule has 0 atom stereocenters. The van der Waals surface area contributed by atoms with Crippen LogP contribution < -0.4 is 20.1 Å². The minimum Gasteiger partial charge on any atom is -0.454 e. The van der Waals surface area contributed by atoms with Gasteiger partial charge in [0.2, 0.25) is 12.7 Å². The average Bonchev–Trinajstić information content (AvgIpc) is 3.06. The van der Waals surface area contributed by atoms with E-state index in [1.165, 1.54) is 12.4 Å². The molecule has 126 valence electrons. The standard InChI is InChI=1S/C17H20N4O3/c1-11(2)6-19-17-20-8-13(9-21-17)16(22)18-7-12-3-4-14-15(5-12)24-10-23-14/h3-5,8-9,11H,6-7,10H2,1-2H3,(H,18,22)(H,19,20,21). The Morgan fingerprint density at radius 2 is 1.96 bits per heavy atom. The van der Waals surface area contributed by atoms with E-state index in [4.69, 9.17) is 9.47 Å². The third-order valence-corrected chi connectivity index (χ3v) is 3.47. The molecule has 1 aromatic carbocycles. The van der Waals surface area contributed by atoms with Crippen LogP contribution in [0.4, 0.5) is 5.95 Å². The predicted molar refractivity (Wildman–Crippen MR) is 89.1 cm³/mol. The van der Waals surface area contributed by atoms with Crippen LogP contribution in [0, 0.1) is 5.92 Å². The maximum absolute atomic E-state index is 12.2. The summed E-state index contributed by atoms with van der Waals surface area (Å²) >= 11 is 0. The van der Waals surface area contributed by atoms with Crippen molar-refractivity contribution in [1.29, 1.82) is 0 Å². The van der Waals surface area contributed by atoms with Gasteiger partial charge in [-0.3, -0.25) is 4.79 Å². The maximum Gasteiger partial charge on any atom is 0.254 e. The quantitative estimate of drug-likeness (QED) is 0.845. The first-order valence-electron chi connectivity index (χ1n) is 7.84. The molecule has 0 bridgehead atoms. The zero-order valence-electron chi connectivity index (χ0n) is 13.7. The molecule has 1 aliphatic heterocycles. The van der Waals surface area contributed by atoms with Gasteiger partial charge in [-0.05, 0) is 23.6 Å². The molecule has 0 aliphatic carbocycles. The van der Waals surface area contributed by atoms with Crippen molar-refractivity contribution in [3.63, 3.8) is 0 Å². The number of ether oxygens (including phenoxy) is 2. The third-order valence-electron chi connectivity index (χ3n) is 3.47. The van der Waals surface area contributed by atoms with E-state index < -0.39 is 0 Å². The molecule has 0 radical (unpaired) electrons. The van der Waals surface area contributed by atoms with Crippen molar-refractivity contribution in [2.24, 2.45) is 5.92 Å². The molecule has 1 aromatic heterocycles. The highest BCUT2D eigenvalue weighted by atomic mass is 16.7. The van der Waals surface area contributed by atoms with E-state index >= 15 is 0 Å². The molecule has 7 nitrogen and oxygen atoms in total. The number of nitrogens with zero attached hydrogens (tertiary/aromatic N) is 2. The number of hydrogen-bond donors (Lipinski definition) is 2. The van der Waals surface area contributed by atoms with Crippen molar-refractivity contribution in [3.8, 4) is 11.5 Å². The second kappa shape index (κ2) is 7.16. The van der Waals surface area contributed by atoms with Gasteiger partial charge in [-0.15, -0.1) is 0 Å². The summed E-state index contributed by atoms with van der Waals surface area (Å²) in [5.41, 5.74) is 1.36. The van der Waals surface area contributed by atoms with Crippen LogP contribution in [0.5, 0.6) is 11.5 Å².